The summed E-state index contributed by atoms with van der Waals surface area (Å²) in [4.78, 5) is 12.8. The van der Waals surface area contributed by atoms with Crippen LogP contribution in [0.25, 0.3) is 0 Å². The molecule has 78 valence electrons. The fourth-order valence-corrected chi connectivity index (χ4v) is 2.07. The third-order valence-electron chi connectivity index (χ3n) is 2.28. The molecule has 1 amide bonds. The number of anilines is 1. The Morgan fingerprint density at radius 3 is 2.40 bits per heavy atom. The molecule has 0 saturated carbocycles. The summed E-state index contributed by atoms with van der Waals surface area (Å²) >= 11 is 0. The molecular weight excluding hydrogens is 279 g/mol. The van der Waals surface area contributed by atoms with Crippen LogP contribution in [0.4, 0.5) is 5.69 Å². The Balaban J connectivity index is 0.00000196. The molecule has 0 atom stereocenters. The number of amides is 1. The molecule has 4 heteroatoms. The number of carbonyl (C=O) groups is 1. The number of hydrogen-bond acceptors (Lipinski definition) is 1. The van der Waals surface area contributed by atoms with Crippen LogP contribution in [0.15, 0.2) is 24.3 Å². The Bertz CT molecular complexity index is 341. The molecular formula is C11H16NOSiY. The van der Waals surface area contributed by atoms with Gasteiger partial charge in [-0.3, -0.25) is 4.79 Å². The van der Waals surface area contributed by atoms with E-state index in [0.29, 0.717) is 0 Å². The van der Waals surface area contributed by atoms with Gasteiger partial charge in [0.1, 0.15) is 0 Å². The molecule has 0 fully saturated rings. The fourth-order valence-electron chi connectivity index (χ4n) is 1.21. The average Bonchev–Trinajstić information content (AvgIpc) is 2.16. The van der Waals surface area contributed by atoms with Gasteiger partial charge in [0.25, 0.3) is 0 Å². The van der Waals surface area contributed by atoms with Crippen molar-refractivity contribution in [3.8, 4) is 0 Å². The molecule has 0 aliphatic rings. The van der Waals surface area contributed by atoms with Crippen LogP contribution in [0, 0.1) is 0 Å². The maximum absolute atomic E-state index is 11.2. The van der Waals surface area contributed by atoms with Gasteiger partial charge in [0, 0.05) is 52.4 Å². The fraction of sp³-hybridized carbons (Fsp3) is 0.364. The first kappa shape index (κ1) is 15.0. The van der Waals surface area contributed by atoms with Crippen molar-refractivity contribution in [3.05, 3.63) is 24.3 Å². The predicted molar refractivity (Wildman–Crippen MR) is 62.6 cm³/mol. The molecule has 1 rings (SSSR count). The molecule has 0 saturated heterocycles. The molecule has 2 nitrogen and oxygen atoms in total. The topological polar surface area (TPSA) is 20.3 Å². The van der Waals surface area contributed by atoms with Gasteiger partial charge < -0.3 is 4.90 Å². The van der Waals surface area contributed by atoms with Crippen molar-refractivity contribution < 1.29 is 37.5 Å². The van der Waals surface area contributed by atoms with E-state index in [-0.39, 0.29) is 38.6 Å². The number of rotatable bonds is 2. The van der Waals surface area contributed by atoms with E-state index in [2.05, 4.69) is 25.2 Å². The van der Waals surface area contributed by atoms with Crippen LogP contribution in [-0.2, 0) is 37.5 Å². The summed E-state index contributed by atoms with van der Waals surface area (Å²) < 4.78 is 0. The monoisotopic (exact) mass is 295 g/mol. The summed E-state index contributed by atoms with van der Waals surface area (Å²) in [5.74, 6) is 0.0723. The number of carbonyl (C=O) groups excluding carboxylic acids is 1. The smallest absolute Gasteiger partial charge is 0.223 e. The third-order valence-corrected chi connectivity index (χ3v) is 3.75. The first-order valence-electron chi connectivity index (χ1n) is 4.67. The molecule has 0 unspecified atom stereocenters. The summed E-state index contributed by atoms with van der Waals surface area (Å²) in [6.07, 6.45) is 0. The van der Waals surface area contributed by atoms with Gasteiger partial charge >= 0.3 is 0 Å². The third kappa shape index (κ3) is 4.17. The maximum Gasteiger partial charge on any atom is 0.223 e. The van der Waals surface area contributed by atoms with Crippen LogP contribution in [-0.4, -0.2) is 21.8 Å². The van der Waals surface area contributed by atoms with Crippen molar-refractivity contribution in [1.29, 1.82) is 0 Å². The molecule has 1 aromatic carbocycles. The minimum Gasteiger partial charge on any atom is -0.316 e. The van der Waals surface area contributed by atoms with Crippen molar-refractivity contribution in [1.82, 2.24) is 0 Å². The van der Waals surface area contributed by atoms with E-state index in [1.165, 1.54) is 5.19 Å². The minimum absolute atomic E-state index is 0. The number of benzene rings is 1. The van der Waals surface area contributed by atoms with E-state index in [1.807, 2.05) is 12.1 Å². The van der Waals surface area contributed by atoms with Crippen molar-refractivity contribution in [2.75, 3.05) is 11.9 Å². The summed E-state index contributed by atoms with van der Waals surface area (Å²) in [7, 11) is 1.37. The molecule has 0 spiro atoms. The van der Waals surface area contributed by atoms with Gasteiger partial charge in [0.05, 0.1) is 8.80 Å². The largest absolute Gasteiger partial charge is 0.316 e. The van der Waals surface area contributed by atoms with Crippen LogP contribution in [0.3, 0.4) is 0 Å². The van der Waals surface area contributed by atoms with Crippen molar-refractivity contribution in [2.45, 2.75) is 20.0 Å². The van der Waals surface area contributed by atoms with E-state index in [9.17, 15) is 4.79 Å². The van der Waals surface area contributed by atoms with Gasteiger partial charge in [-0.05, 0) is 12.1 Å². The molecule has 0 aliphatic carbocycles. The van der Waals surface area contributed by atoms with Crippen LogP contribution < -0.4 is 10.1 Å². The van der Waals surface area contributed by atoms with E-state index in [4.69, 9.17) is 0 Å². The van der Waals surface area contributed by atoms with Gasteiger partial charge in [-0.25, -0.2) is 0 Å². The van der Waals surface area contributed by atoms with Crippen LogP contribution in [0.1, 0.15) is 6.92 Å². The van der Waals surface area contributed by atoms with Gasteiger partial charge in [-0.2, -0.15) is 0 Å². The zero-order valence-electron chi connectivity index (χ0n) is 9.74. The quantitative estimate of drug-likeness (QED) is 0.759. The van der Waals surface area contributed by atoms with E-state index >= 15 is 0 Å². The van der Waals surface area contributed by atoms with Crippen molar-refractivity contribution in [2.24, 2.45) is 0 Å². The second kappa shape index (κ2) is 6.56. The van der Waals surface area contributed by atoms with Gasteiger partial charge in [0.15, 0.2) is 0 Å². The number of hydrogen-bond donors (Lipinski definition) is 0. The Labute approximate surface area is 119 Å². The van der Waals surface area contributed by atoms with Crippen molar-refractivity contribution in [3.63, 3.8) is 0 Å². The molecule has 2 radical (unpaired) electrons. The second-order valence-corrected chi connectivity index (χ2v) is 6.21. The molecule has 1 aromatic rings. The summed E-state index contributed by atoms with van der Waals surface area (Å²) in [6.45, 7) is 6.07. The summed E-state index contributed by atoms with van der Waals surface area (Å²) in [5.41, 5.74) is 0.987. The number of nitrogens with zero attached hydrogens (tertiary/aromatic N) is 1. The Hall–Kier alpha value is 0.0108. The second-order valence-electron chi connectivity index (χ2n) is 3.63. The summed E-state index contributed by atoms with van der Waals surface area (Å²) in [5, 5.41) is 1.36. The Morgan fingerprint density at radius 1 is 1.33 bits per heavy atom. The van der Waals surface area contributed by atoms with Crippen LogP contribution in [0.5, 0.6) is 0 Å². The zero-order chi connectivity index (χ0) is 10.7. The van der Waals surface area contributed by atoms with Gasteiger partial charge in [-0.15, -0.1) is 0 Å². The van der Waals surface area contributed by atoms with Crippen LogP contribution in [0.2, 0.25) is 13.1 Å². The summed E-state index contributed by atoms with van der Waals surface area (Å²) in [6, 6.07) is 8.22. The van der Waals surface area contributed by atoms with E-state index in [1.54, 1.807) is 18.9 Å². The molecule has 0 N–H and O–H groups in total. The maximum atomic E-state index is 11.2. The minimum atomic E-state index is -0.431. The molecule has 0 aromatic heterocycles. The average molecular weight is 295 g/mol. The van der Waals surface area contributed by atoms with E-state index < -0.39 is 8.80 Å². The zero-order valence-corrected chi connectivity index (χ0v) is 13.6. The Morgan fingerprint density at radius 2 is 1.93 bits per heavy atom. The molecule has 0 bridgehead atoms. The first-order valence-corrected chi connectivity index (χ1v) is 7.17. The van der Waals surface area contributed by atoms with Crippen molar-refractivity contribution >= 4 is 25.6 Å². The molecule has 15 heavy (non-hydrogen) atoms. The normalized spacial score (nSPS) is 9.67. The first-order chi connectivity index (χ1) is 6.52. The SMILES string of the molecule is CC(=O)N(C)c1cccc([Si](C)C)c1.[Y]. The van der Waals surface area contributed by atoms with E-state index in [0.717, 1.165) is 5.69 Å². The molecule has 0 heterocycles. The predicted octanol–water partition coefficient (Wildman–Crippen LogP) is 1.63. The van der Waals surface area contributed by atoms with Gasteiger partial charge in [0.2, 0.25) is 5.91 Å². The standard InChI is InChI=1S/C11H16NOSi.Y/c1-9(13)12(2)10-6-5-7-11(8-10)14(3)4;/h5-8H,1-4H3;. The van der Waals surface area contributed by atoms with Gasteiger partial charge in [-0.1, -0.05) is 30.4 Å². The Kier molecular flexibility index (Phi) is 6.57. The molecule has 0 aliphatic heterocycles. The van der Waals surface area contributed by atoms with Crippen LogP contribution >= 0.6 is 0 Å².